The van der Waals surface area contributed by atoms with Crippen LogP contribution in [0.5, 0.6) is 0 Å². The smallest absolute Gasteiger partial charge is 0.198 e. The highest BCUT2D eigenvalue weighted by atomic mass is 16.4. The molecule has 0 saturated carbocycles. The molecular formula is C13H19N5O. The molecule has 1 unspecified atom stereocenters. The van der Waals surface area contributed by atoms with E-state index in [2.05, 4.69) is 15.3 Å². The zero-order chi connectivity index (χ0) is 13.8. The van der Waals surface area contributed by atoms with Crippen molar-refractivity contribution in [2.24, 2.45) is 5.73 Å². The average molecular weight is 261 g/mol. The van der Waals surface area contributed by atoms with Gasteiger partial charge in [0.1, 0.15) is 23.7 Å². The van der Waals surface area contributed by atoms with Crippen LogP contribution in [-0.2, 0) is 0 Å². The van der Waals surface area contributed by atoms with Crippen molar-refractivity contribution < 1.29 is 4.42 Å². The molecule has 2 aromatic heterocycles. The summed E-state index contributed by atoms with van der Waals surface area (Å²) in [6.45, 7) is 4.51. The molecule has 2 aromatic rings. The van der Waals surface area contributed by atoms with Gasteiger partial charge in [0.15, 0.2) is 5.88 Å². The van der Waals surface area contributed by atoms with Gasteiger partial charge in [-0.05, 0) is 19.9 Å². The molecular weight excluding hydrogens is 242 g/mol. The minimum Gasteiger partial charge on any atom is -0.446 e. The van der Waals surface area contributed by atoms with E-state index in [1.807, 2.05) is 44.0 Å². The van der Waals surface area contributed by atoms with Gasteiger partial charge in [0.25, 0.3) is 0 Å². The second-order valence-electron chi connectivity index (χ2n) is 4.49. The molecule has 102 valence electrons. The Bertz CT molecular complexity index is 539. The van der Waals surface area contributed by atoms with Crippen molar-refractivity contribution in [3.05, 3.63) is 30.3 Å². The lowest BCUT2D eigenvalue weighted by molar-refractivity contribution is 0.551. The van der Waals surface area contributed by atoms with Crippen LogP contribution < -0.4 is 16.0 Å². The normalized spacial score (nSPS) is 12.2. The van der Waals surface area contributed by atoms with Gasteiger partial charge in [0, 0.05) is 31.8 Å². The molecule has 0 radical (unpaired) electrons. The standard InChI is InChI=1S/C13H19N5O/c1-9(7-14)18(3)12-6-11(15-8-16-12)17-13-5-4-10(2)19-13/h4-6,8-9H,7,14H2,1-3H3,(H,15,16,17). The van der Waals surface area contributed by atoms with E-state index in [-0.39, 0.29) is 6.04 Å². The zero-order valence-electron chi connectivity index (χ0n) is 11.4. The maximum absolute atomic E-state index is 5.66. The molecule has 0 aliphatic carbocycles. The number of hydrogen-bond donors (Lipinski definition) is 2. The highest BCUT2D eigenvalue weighted by Crippen LogP contribution is 2.20. The summed E-state index contributed by atoms with van der Waals surface area (Å²) in [5.74, 6) is 3.02. The average Bonchev–Trinajstić information content (AvgIpc) is 2.82. The van der Waals surface area contributed by atoms with Gasteiger partial charge in [-0.2, -0.15) is 0 Å². The lowest BCUT2D eigenvalue weighted by atomic mass is 10.3. The lowest BCUT2D eigenvalue weighted by Gasteiger charge is -2.24. The van der Waals surface area contributed by atoms with Gasteiger partial charge in [0.05, 0.1) is 0 Å². The number of likely N-dealkylation sites (N-methyl/N-ethyl adjacent to an activating group) is 1. The fraction of sp³-hybridized carbons (Fsp3) is 0.385. The molecule has 2 rings (SSSR count). The van der Waals surface area contributed by atoms with E-state index in [0.717, 1.165) is 11.6 Å². The van der Waals surface area contributed by atoms with Crippen molar-refractivity contribution in [2.45, 2.75) is 19.9 Å². The topological polar surface area (TPSA) is 80.2 Å². The summed E-state index contributed by atoms with van der Waals surface area (Å²) in [4.78, 5) is 10.4. The van der Waals surface area contributed by atoms with Crippen molar-refractivity contribution in [2.75, 3.05) is 23.8 Å². The zero-order valence-corrected chi connectivity index (χ0v) is 11.4. The molecule has 0 aliphatic heterocycles. The first kappa shape index (κ1) is 13.4. The van der Waals surface area contributed by atoms with Crippen LogP contribution >= 0.6 is 0 Å². The van der Waals surface area contributed by atoms with E-state index in [9.17, 15) is 0 Å². The van der Waals surface area contributed by atoms with Crippen LogP contribution in [0.1, 0.15) is 12.7 Å². The van der Waals surface area contributed by atoms with E-state index in [4.69, 9.17) is 10.2 Å². The molecule has 6 nitrogen and oxygen atoms in total. The van der Waals surface area contributed by atoms with Crippen LogP contribution in [0.15, 0.2) is 28.9 Å². The fourth-order valence-corrected chi connectivity index (χ4v) is 1.62. The van der Waals surface area contributed by atoms with Gasteiger partial charge in [-0.1, -0.05) is 0 Å². The highest BCUT2D eigenvalue weighted by Gasteiger charge is 2.10. The van der Waals surface area contributed by atoms with Gasteiger partial charge in [-0.25, -0.2) is 9.97 Å². The van der Waals surface area contributed by atoms with E-state index >= 15 is 0 Å². The quantitative estimate of drug-likeness (QED) is 0.855. The molecule has 2 heterocycles. The van der Waals surface area contributed by atoms with Gasteiger partial charge >= 0.3 is 0 Å². The summed E-state index contributed by atoms with van der Waals surface area (Å²) >= 11 is 0. The van der Waals surface area contributed by atoms with Gasteiger partial charge in [0.2, 0.25) is 0 Å². The Labute approximate surface area is 112 Å². The largest absolute Gasteiger partial charge is 0.446 e. The maximum Gasteiger partial charge on any atom is 0.198 e. The third kappa shape index (κ3) is 3.23. The maximum atomic E-state index is 5.66. The molecule has 0 amide bonds. The number of nitrogens with one attached hydrogen (secondary N) is 1. The minimum absolute atomic E-state index is 0.216. The van der Waals surface area contributed by atoms with E-state index in [1.54, 1.807) is 0 Å². The molecule has 19 heavy (non-hydrogen) atoms. The second kappa shape index (κ2) is 5.71. The number of nitrogens with zero attached hydrogens (tertiary/aromatic N) is 3. The summed E-state index contributed by atoms with van der Waals surface area (Å²) in [6.07, 6.45) is 1.52. The molecule has 6 heteroatoms. The first-order valence-electron chi connectivity index (χ1n) is 6.18. The SMILES string of the molecule is Cc1ccc(Nc2cc(N(C)C(C)CN)ncn2)o1. The van der Waals surface area contributed by atoms with Crippen LogP contribution in [-0.4, -0.2) is 29.6 Å². The van der Waals surface area contributed by atoms with Crippen molar-refractivity contribution in [1.82, 2.24) is 9.97 Å². The van der Waals surface area contributed by atoms with Crippen molar-refractivity contribution in [3.8, 4) is 0 Å². The molecule has 1 atom stereocenters. The molecule has 3 N–H and O–H groups in total. The van der Waals surface area contributed by atoms with Crippen LogP contribution in [0, 0.1) is 6.92 Å². The third-order valence-electron chi connectivity index (χ3n) is 3.01. The van der Waals surface area contributed by atoms with Crippen LogP contribution in [0.4, 0.5) is 17.5 Å². The summed E-state index contributed by atoms with van der Waals surface area (Å²) in [5, 5.41) is 3.10. The Morgan fingerprint density at radius 3 is 2.84 bits per heavy atom. The number of aryl methyl sites for hydroxylation is 1. The van der Waals surface area contributed by atoms with E-state index in [0.29, 0.717) is 18.2 Å². The molecule has 0 aromatic carbocycles. The highest BCUT2D eigenvalue weighted by molar-refractivity contribution is 5.55. The number of furan rings is 1. The number of rotatable bonds is 5. The Kier molecular flexibility index (Phi) is 4.01. The first-order chi connectivity index (χ1) is 9.10. The minimum atomic E-state index is 0.216. The monoisotopic (exact) mass is 261 g/mol. The molecule has 0 bridgehead atoms. The van der Waals surface area contributed by atoms with Crippen molar-refractivity contribution in [1.29, 1.82) is 0 Å². The van der Waals surface area contributed by atoms with Gasteiger partial charge in [-0.15, -0.1) is 0 Å². The number of anilines is 3. The van der Waals surface area contributed by atoms with E-state index in [1.165, 1.54) is 6.33 Å². The van der Waals surface area contributed by atoms with Crippen molar-refractivity contribution >= 4 is 17.5 Å². The van der Waals surface area contributed by atoms with Gasteiger partial charge < -0.3 is 20.4 Å². The number of hydrogen-bond acceptors (Lipinski definition) is 6. The van der Waals surface area contributed by atoms with Crippen molar-refractivity contribution in [3.63, 3.8) is 0 Å². The Balaban J connectivity index is 2.15. The first-order valence-corrected chi connectivity index (χ1v) is 6.18. The molecule has 0 aliphatic rings. The summed E-state index contributed by atoms with van der Waals surface area (Å²) in [5.41, 5.74) is 5.66. The Morgan fingerprint density at radius 2 is 2.21 bits per heavy atom. The predicted octanol–water partition coefficient (Wildman–Crippen LogP) is 1.91. The molecule has 0 saturated heterocycles. The van der Waals surface area contributed by atoms with Crippen LogP contribution in [0.2, 0.25) is 0 Å². The summed E-state index contributed by atoms with van der Waals surface area (Å²) < 4.78 is 5.45. The third-order valence-corrected chi connectivity index (χ3v) is 3.01. The second-order valence-corrected chi connectivity index (χ2v) is 4.49. The Morgan fingerprint density at radius 1 is 1.42 bits per heavy atom. The number of aromatic nitrogens is 2. The molecule has 0 spiro atoms. The molecule has 0 fully saturated rings. The fourth-order valence-electron chi connectivity index (χ4n) is 1.62. The van der Waals surface area contributed by atoms with E-state index < -0.39 is 0 Å². The summed E-state index contributed by atoms with van der Waals surface area (Å²) in [7, 11) is 1.96. The summed E-state index contributed by atoms with van der Waals surface area (Å²) in [6, 6.07) is 5.84. The lowest BCUT2D eigenvalue weighted by Crippen LogP contribution is -2.35. The van der Waals surface area contributed by atoms with Gasteiger partial charge in [-0.3, -0.25) is 0 Å². The Hall–Kier alpha value is -2.08. The van der Waals surface area contributed by atoms with Crippen LogP contribution in [0.25, 0.3) is 0 Å². The van der Waals surface area contributed by atoms with Crippen LogP contribution in [0.3, 0.4) is 0 Å². The predicted molar refractivity (Wildman–Crippen MR) is 75.7 cm³/mol. The number of nitrogens with two attached hydrogens (primary N) is 1.